The Labute approximate surface area is 162 Å². The molecule has 0 atom stereocenters. The lowest BCUT2D eigenvalue weighted by Gasteiger charge is -2.71. The third-order valence-electron chi connectivity index (χ3n) is 5.71. The van der Waals surface area contributed by atoms with Crippen molar-refractivity contribution in [3.63, 3.8) is 0 Å². The van der Waals surface area contributed by atoms with Crippen molar-refractivity contribution in [1.82, 2.24) is 25.5 Å². The Morgan fingerprint density at radius 1 is 1.21 bits per heavy atom. The molecule has 8 nitrogen and oxygen atoms in total. The summed E-state index contributed by atoms with van der Waals surface area (Å²) in [5, 5.41) is 27.4. The number of nitrogens with one attached hydrogen (secondary N) is 4. The zero-order chi connectivity index (χ0) is 19.2. The van der Waals surface area contributed by atoms with Crippen LogP contribution in [0.15, 0.2) is 30.5 Å². The SMILES string of the molecule is Cc1cc(Nc2cc3ncccc3c(NC34CC(NCCC#N)(C3)C4)n2)n[nH]1. The normalized spacial score (nSPS) is 24.9. The van der Waals surface area contributed by atoms with E-state index in [0.29, 0.717) is 12.2 Å². The third kappa shape index (κ3) is 2.84. The van der Waals surface area contributed by atoms with Gasteiger partial charge in [-0.05, 0) is 38.3 Å². The minimum atomic E-state index is 0.0942. The summed E-state index contributed by atoms with van der Waals surface area (Å²) in [6, 6.07) is 10.1. The number of aryl methyl sites for hydroxylation is 1. The van der Waals surface area contributed by atoms with Crippen LogP contribution >= 0.6 is 0 Å². The number of hydrogen-bond acceptors (Lipinski definition) is 7. The molecular formula is C20H22N8. The predicted octanol–water partition coefficient (Wildman–Crippen LogP) is 3.00. The average Bonchev–Trinajstić information content (AvgIpc) is 3.03. The van der Waals surface area contributed by atoms with Crippen LogP contribution in [-0.4, -0.2) is 37.8 Å². The van der Waals surface area contributed by atoms with E-state index in [9.17, 15) is 0 Å². The van der Waals surface area contributed by atoms with Gasteiger partial charge in [0.2, 0.25) is 0 Å². The lowest BCUT2D eigenvalue weighted by atomic mass is 9.44. The van der Waals surface area contributed by atoms with Gasteiger partial charge < -0.3 is 16.0 Å². The fourth-order valence-corrected chi connectivity index (χ4v) is 4.59. The molecule has 3 aliphatic rings. The Hall–Kier alpha value is -3.18. The van der Waals surface area contributed by atoms with Gasteiger partial charge in [0.1, 0.15) is 11.6 Å². The quantitative estimate of drug-likeness (QED) is 0.470. The molecule has 3 heterocycles. The van der Waals surface area contributed by atoms with Gasteiger partial charge in [-0.25, -0.2) is 4.98 Å². The summed E-state index contributed by atoms with van der Waals surface area (Å²) in [5.74, 6) is 2.30. The first kappa shape index (κ1) is 17.0. The van der Waals surface area contributed by atoms with Crippen molar-refractivity contribution >= 4 is 28.4 Å². The Balaban J connectivity index is 1.37. The first-order chi connectivity index (χ1) is 13.6. The van der Waals surface area contributed by atoms with Crippen molar-refractivity contribution in [2.45, 2.75) is 43.7 Å². The summed E-state index contributed by atoms with van der Waals surface area (Å²) in [7, 11) is 0. The lowest BCUT2D eigenvalue weighted by molar-refractivity contribution is -0.0624. The van der Waals surface area contributed by atoms with E-state index in [2.05, 4.69) is 37.2 Å². The highest BCUT2D eigenvalue weighted by atomic mass is 15.2. The smallest absolute Gasteiger partial charge is 0.153 e. The zero-order valence-electron chi connectivity index (χ0n) is 15.7. The monoisotopic (exact) mass is 374 g/mol. The molecule has 142 valence electrons. The summed E-state index contributed by atoms with van der Waals surface area (Å²) in [5.41, 5.74) is 2.18. The molecule has 3 saturated carbocycles. The standard InChI is InChI=1S/C20H22N8/c1-13-8-17(28-27-13)24-16-9-15-14(4-2-6-22-15)18(25-16)26-20-10-19(11-20,12-20)23-7-3-5-21/h2,4,6,8-9,23H,3,7,10-12H2,1H3,(H3,24,25,26,27,28). The van der Waals surface area contributed by atoms with Crippen LogP contribution in [0.2, 0.25) is 0 Å². The first-order valence-electron chi connectivity index (χ1n) is 9.54. The lowest BCUT2D eigenvalue weighted by Crippen LogP contribution is -2.80. The Morgan fingerprint density at radius 2 is 2.07 bits per heavy atom. The molecule has 28 heavy (non-hydrogen) atoms. The predicted molar refractivity (Wildman–Crippen MR) is 107 cm³/mol. The number of nitrogens with zero attached hydrogens (tertiary/aromatic N) is 4. The second kappa shape index (κ2) is 6.17. The van der Waals surface area contributed by atoms with Gasteiger partial charge >= 0.3 is 0 Å². The van der Waals surface area contributed by atoms with Gasteiger partial charge in [-0.15, -0.1) is 0 Å². The van der Waals surface area contributed by atoms with Crippen LogP contribution in [-0.2, 0) is 0 Å². The van der Waals surface area contributed by atoms with Gasteiger partial charge in [-0.1, -0.05) is 0 Å². The number of anilines is 3. The molecule has 6 rings (SSSR count). The molecule has 0 aliphatic heterocycles. The summed E-state index contributed by atoms with van der Waals surface area (Å²) in [6.45, 7) is 2.73. The molecule has 2 bridgehead atoms. The van der Waals surface area contributed by atoms with Gasteiger partial charge in [-0.3, -0.25) is 10.1 Å². The van der Waals surface area contributed by atoms with E-state index in [1.807, 2.05) is 31.2 Å². The molecule has 0 amide bonds. The van der Waals surface area contributed by atoms with E-state index in [-0.39, 0.29) is 11.1 Å². The highest BCUT2D eigenvalue weighted by Crippen LogP contribution is 2.61. The number of hydrogen-bond donors (Lipinski definition) is 4. The molecule has 3 fully saturated rings. The van der Waals surface area contributed by atoms with Crippen LogP contribution in [0.25, 0.3) is 10.9 Å². The second-order valence-corrected chi connectivity index (χ2v) is 8.04. The third-order valence-corrected chi connectivity index (χ3v) is 5.71. The van der Waals surface area contributed by atoms with Crippen molar-refractivity contribution in [2.75, 3.05) is 17.2 Å². The van der Waals surface area contributed by atoms with Gasteiger partial charge in [0.25, 0.3) is 0 Å². The molecule has 8 heteroatoms. The van der Waals surface area contributed by atoms with Gasteiger partial charge in [0.05, 0.1) is 11.6 Å². The van der Waals surface area contributed by atoms with Crippen molar-refractivity contribution in [2.24, 2.45) is 0 Å². The maximum Gasteiger partial charge on any atom is 0.153 e. The topological polar surface area (TPSA) is 114 Å². The molecule has 3 aliphatic carbocycles. The fraction of sp³-hybridized carbons (Fsp3) is 0.400. The molecule has 3 aromatic rings. The molecular weight excluding hydrogens is 352 g/mol. The summed E-state index contributed by atoms with van der Waals surface area (Å²) < 4.78 is 0. The van der Waals surface area contributed by atoms with Crippen LogP contribution in [0.4, 0.5) is 17.5 Å². The minimum Gasteiger partial charge on any atom is -0.364 e. The van der Waals surface area contributed by atoms with Crippen molar-refractivity contribution in [3.05, 3.63) is 36.2 Å². The van der Waals surface area contributed by atoms with E-state index in [4.69, 9.17) is 10.2 Å². The fourth-order valence-electron chi connectivity index (χ4n) is 4.59. The number of pyridine rings is 2. The van der Waals surface area contributed by atoms with Crippen LogP contribution in [0.1, 0.15) is 31.4 Å². The highest BCUT2D eigenvalue weighted by Gasteiger charge is 2.67. The van der Waals surface area contributed by atoms with E-state index >= 15 is 0 Å². The largest absolute Gasteiger partial charge is 0.364 e. The summed E-state index contributed by atoms with van der Waals surface area (Å²) >= 11 is 0. The van der Waals surface area contributed by atoms with Gasteiger partial charge in [-0.2, -0.15) is 10.4 Å². The summed E-state index contributed by atoms with van der Waals surface area (Å²) in [6.07, 6.45) is 5.53. The van der Waals surface area contributed by atoms with Crippen LogP contribution < -0.4 is 16.0 Å². The summed E-state index contributed by atoms with van der Waals surface area (Å²) in [4.78, 5) is 9.32. The van der Waals surface area contributed by atoms with Crippen molar-refractivity contribution < 1.29 is 0 Å². The Morgan fingerprint density at radius 3 is 2.82 bits per heavy atom. The second-order valence-electron chi connectivity index (χ2n) is 8.04. The molecule has 4 N–H and O–H groups in total. The maximum absolute atomic E-state index is 8.72. The number of nitriles is 1. The Kier molecular flexibility index (Phi) is 3.74. The number of rotatable bonds is 7. The molecule has 0 saturated heterocycles. The van der Waals surface area contributed by atoms with Crippen molar-refractivity contribution in [1.29, 1.82) is 5.26 Å². The minimum absolute atomic E-state index is 0.0942. The molecule has 0 radical (unpaired) electrons. The number of aromatic nitrogens is 4. The van der Waals surface area contributed by atoms with E-state index in [0.717, 1.165) is 54.0 Å². The average molecular weight is 374 g/mol. The van der Waals surface area contributed by atoms with Crippen molar-refractivity contribution in [3.8, 4) is 6.07 Å². The molecule has 0 aromatic carbocycles. The molecule has 3 aromatic heterocycles. The number of aromatic amines is 1. The van der Waals surface area contributed by atoms with E-state index in [1.165, 1.54) is 0 Å². The van der Waals surface area contributed by atoms with Crippen LogP contribution in [0, 0.1) is 18.3 Å². The van der Waals surface area contributed by atoms with Gasteiger partial charge in [0, 0.05) is 53.5 Å². The van der Waals surface area contributed by atoms with Gasteiger partial charge in [0.15, 0.2) is 5.82 Å². The first-order valence-corrected chi connectivity index (χ1v) is 9.54. The maximum atomic E-state index is 8.72. The van der Waals surface area contributed by atoms with E-state index in [1.54, 1.807) is 6.20 Å². The van der Waals surface area contributed by atoms with Crippen LogP contribution in [0.5, 0.6) is 0 Å². The number of fused-ring (bicyclic) bond motifs is 1. The highest BCUT2D eigenvalue weighted by molar-refractivity contribution is 5.92. The zero-order valence-corrected chi connectivity index (χ0v) is 15.7. The number of H-pyrrole nitrogens is 1. The molecule has 0 spiro atoms. The molecule has 0 unspecified atom stereocenters. The van der Waals surface area contributed by atoms with Crippen LogP contribution in [0.3, 0.4) is 0 Å². The van der Waals surface area contributed by atoms with E-state index < -0.39 is 0 Å². The Bertz CT molecular complexity index is 1060.